The van der Waals surface area contributed by atoms with Gasteiger partial charge < -0.3 is 0 Å². The number of nitrogens with two attached hydrogens (primary N) is 1. The van der Waals surface area contributed by atoms with Crippen LogP contribution in [0.25, 0.3) is 0 Å². The first-order chi connectivity index (χ1) is 9.81. The third kappa shape index (κ3) is 3.29. The van der Waals surface area contributed by atoms with Crippen LogP contribution in [0.4, 0.5) is 0 Å². The van der Waals surface area contributed by atoms with Gasteiger partial charge in [-0.1, -0.05) is 60.7 Å². The Bertz CT molecular complexity index is 544. The van der Waals surface area contributed by atoms with E-state index < -0.39 is 0 Å². The summed E-state index contributed by atoms with van der Waals surface area (Å²) in [5.41, 5.74) is 2.64. The van der Waals surface area contributed by atoms with Crippen LogP contribution in [0.15, 0.2) is 60.7 Å². The van der Waals surface area contributed by atoms with Crippen LogP contribution in [-0.2, 0) is 12.0 Å². The molecule has 0 aromatic heterocycles. The highest BCUT2D eigenvalue weighted by Crippen LogP contribution is 2.38. The topological polar surface area (TPSA) is 29.3 Å². The number of hydrogen-bond acceptors (Lipinski definition) is 2. The van der Waals surface area contributed by atoms with Gasteiger partial charge in [0, 0.05) is 6.54 Å². The molecule has 2 nitrogen and oxygen atoms in total. The molecule has 1 unspecified atom stereocenters. The molecule has 2 N–H and O–H groups in total. The molecule has 2 aromatic rings. The van der Waals surface area contributed by atoms with Gasteiger partial charge in [0.1, 0.15) is 0 Å². The van der Waals surface area contributed by atoms with Gasteiger partial charge in [0.15, 0.2) is 0 Å². The molecule has 0 radical (unpaired) electrons. The van der Waals surface area contributed by atoms with Crippen LogP contribution in [-0.4, -0.2) is 11.6 Å². The second kappa shape index (κ2) is 7.08. The van der Waals surface area contributed by atoms with Gasteiger partial charge in [-0.05, 0) is 36.8 Å². The first kappa shape index (κ1) is 16.0. The van der Waals surface area contributed by atoms with Crippen molar-refractivity contribution in [2.75, 3.05) is 6.54 Å². The lowest BCUT2D eigenvalue weighted by Crippen LogP contribution is -2.54. The molecule has 0 amide bonds. The maximum absolute atomic E-state index is 6.43. The lowest BCUT2D eigenvalue weighted by Gasteiger charge is -2.45. The summed E-state index contributed by atoms with van der Waals surface area (Å²) in [5, 5.41) is 2.07. The van der Waals surface area contributed by atoms with Crippen molar-refractivity contribution < 1.29 is 0 Å². The number of hydrazine groups is 1. The summed E-state index contributed by atoms with van der Waals surface area (Å²) in [4.78, 5) is 0. The monoisotopic (exact) mass is 302 g/mol. The Kier molecular flexibility index (Phi) is 5.40. The summed E-state index contributed by atoms with van der Waals surface area (Å²) in [7, 11) is 0. The molecule has 21 heavy (non-hydrogen) atoms. The molecule has 1 heterocycles. The van der Waals surface area contributed by atoms with E-state index in [1.54, 1.807) is 0 Å². The molecule has 0 bridgehead atoms. The van der Waals surface area contributed by atoms with E-state index in [0.29, 0.717) is 0 Å². The van der Waals surface area contributed by atoms with E-state index in [1.807, 2.05) is 0 Å². The summed E-state index contributed by atoms with van der Waals surface area (Å²) < 4.78 is 0. The Labute approximate surface area is 133 Å². The predicted octanol–water partition coefficient (Wildman–Crippen LogP) is 3.91. The zero-order valence-electron chi connectivity index (χ0n) is 12.2. The van der Waals surface area contributed by atoms with Gasteiger partial charge >= 0.3 is 0 Å². The molecule has 0 saturated carbocycles. The van der Waals surface area contributed by atoms with Crippen molar-refractivity contribution in [3.05, 3.63) is 71.8 Å². The minimum absolute atomic E-state index is 0. The number of hydrogen-bond donors (Lipinski definition) is 1. The van der Waals surface area contributed by atoms with E-state index in [4.69, 9.17) is 5.84 Å². The molecular weight excluding hydrogens is 280 g/mol. The summed E-state index contributed by atoms with van der Waals surface area (Å²) in [6, 6.07) is 21.4. The normalized spacial score (nSPS) is 22.5. The third-order valence-electron chi connectivity index (χ3n) is 4.44. The third-order valence-corrected chi connectivity index (χ3v) is 4.44. The van der Waals surface area contributed by atoms with E-state index in [-0.39, 0.29) is 17.9 Å². The number of benzene rings is 2. The molecule has 2 aromatic carbocycles. The molecule has 1 aliphatic rings. The molecule has 1 fully saturated rings. The second-order valence-electron chi connectivity index (χ2n) is 5.71. The number of nitrogens with zero attached hydrogens (tertiary/aromatic N) is 1. The van der Waals surface area contributed by atoms with Crippen LogP contribution < -0.4 is 5.84 Å². The molecule has 0 spiro atoms. The van der Waals surface area contributed by atoms with E-state index in [1.165, 1.54) is 24.0 Å². The SMILES string of the molecule is Cl.NN1CCCCC1(Cc1ccccc1)c1ccccc1. The fraction of sp³-hybridized carbons (Fsp3) is 0.333. The average molecular weight is 303 g/mol. The van der Waals surface area contributed by atoms with Crippen molar-refractivity contribution in [2.24, 2.45) is 5.84 Å². The van der Waals surface area contributed by atoms with Gasteiger partial charge in [-0.2, -0.15) is 0 Å². The van der Waals surface area contributed by atoms with Crippen molar-refractivity contribution >= 4 is 12.4 Å². The Hall–Kier alpha value is -1.35. The van der Waals surface area contributed by atoms with Gasteiger partial charge in [0.2, 0.25) is 0 Å². The minimum Gasteiger partial charge on any atom is -0.268 e. The molecule has 1 saturated heterocycles. The van der Waals surface area contributed by atoms with Gasteiger partial charge in [0.25, 0.3) is 0 Å². The van der Waals surface area contributed by atoms with Gasteiger partial charge in [-0.25, -0.2) is 5.01 Å². The van der Waals surface area contributed by atoms with Gasteiger partial charge in [-0.15, -0.1) is 12.4 Å². The maximum atomic E-state index is 6.43. The Balaban J connectivity index is 0.00000161. The summed E-state index contributed by atoms with van der Waals surface area (Å²) in [6.45, 7) is 0.974. The van der Waals surface area contributed by atoms with Crippen LogP contribution in [0, 0.1) is 0 Å². The minimum atomic E-state index is -0.0547. The molecule has 1 aliphatic heterocycles. The van der Waals surface area contributed by atoms with E-state index in [2.05, 4.69) is 65.7 Å². The first-order valence-corrected chi connectivity index (χ1v) is 7.43. The van der Waals surface area contributed by atoms with Crippen LogP contribution in [0.5, 0.6) is 0 Å². The number of piperidine rings is 1. The fourth-order valence-corrected chi connectivity index (χ4v) is 3.34. The zero-order chi connectivity index (χ0) is 13.8. The molecule has 0 aliphatic carbocycles. The Morgan fingerprint density at radius 3 is 2.14 bits per heavy atom. The highest BCUT2D eigenvalue weighted by Gasteiger charge is 2.38. The quantitative estimate of drug-likeness (QED) is 0.871. The molecular formula is C18H23ClN2. The standard InChI is InChI=1S/C18H22N2.ClH/c19-20-14-8-7-13-18(20,17-11-5-2-6-12-17)15-16-9-3-1-4-10-16;/h1-6,9-12H,7-8,13-15,19H2;1H. The van der Waals surface area contributed by atoms with E-state index in [0.717, 1.165) is 19.4 Å². The summed E-state index contributed by atoms with van der Waals surface area (Å²) in [5.74, 6) is 6.43. The summed E-state index contributed by atoms with van der Waals surface area (Å²) in [6.07, 6.45) is 4.55. The average Bonchev–Trinajstić information content (AvgIpc) is 2.52. The Morgan fingerprint density at radius 2 is 1.52 bits per heavy atom. The first-order valence-electron chi connectivity index (χ1n) is 7.43. The number of rotatable bonds is 3. The van der Waals surface area contributed by atoms with Crippen molar-refractivity contribution in [3.63, 3.8) is 0 Å². The summed E-state index contributed by atoms with van der Waals surface area (Å²) >= 11 is 0. The fourth-order valence-electron chi connectivity index (χ4n) is 3.34. The van der Waals surface area contributed by atoms with E-state index in [9.17, 15) is 0 Å². The zero-order valence-corrected chi connectivity index (χ0v) is 13.1. The predicted molar refractivity (Wildman–Crippen MR) is 90.3 cm³/mol. The molecule has 3 heteroatoms. The van der Waals surface area contributed by atoms with Crippen LogP contribution >= 0.6 is 12.4 Å². The van der Waals surface area contributed by atoms with Crippen molar-refractivity contribution in [2.45, 2.75) is 31.2 Å². The van der Waals surface area contributed by atoms with Crippen LogP contribution in [0.3, 0.4) is 0 Å². The van der Waals surface area contributed by atoms with Crippen LogP contribution in [0.1, 0.15) is 30.4 Å². The van der Waals surface area contributed by atoms with Crippen LogP contribution in [0.2, 0.25) is 0 Å². The van der Waals surface area contributed by atoms with Gasteiger partial charge in [-0.3, -0.25) is 5.84 Å². The lowest BCUT2D eigenvalue weighted by molar-refractivity contribution is 0.0425. The Morgan fingerprint density at radius 1 is 0.905 bits per heavy atom. The smallest absolute Gasteiger partial charge is 0.0640 e. The van der Waals surface area contributed by atoms with Crippen molar-refractivity contribution in [1.82, 2.24) is 5.01 Å². The maximum Gasteiger partial charge on any atom is 0.0640 e. The molecule has 3 rings (SSSR count). The highest BCUT2D eigenvalue weighted by molar-refractivity contribution is 5.85. The lowest BCUT2D eigenvalue weighted by atomic mass is 9.77. The number of halogens is 1. The molecule has 112 valence electrons. The van der Waals surface area contributed by atoms with Gasteiger partial charge in [0.05, 0.1) is 5.54 Å². The highest BCUT2D eigenvalue weighted by atomic mass is 35.5. The van der Waals surface area contributed by atoms with Crippen molar-refractivity contribution in [1.29, 1.82) is 0 Å². The van der Waals surface area contributed by atoms with Crippen molar-refractivity contribution in [3.8, 4) is 0 Å². The largest absolute Gasteiger partial charge is 0.268 e. The van der Waals surface area contributed by atoms with E-state index >= 15 is 0 Å². The molecule has 1 atom stereocenters. The second-order valence-corrected chi connectivity index (χ2v) is 5.71.